The smallest absolute Gasteiger partial charge is 0.340 e. The fraction of sp³-hybridized carbons (Fsp3) is 0.324. The first kappa shape index (κ1) is 29.1. The second kappa shape index (κ2) is 9.77. The van der Waals surface area contributed by atoms with Crippen LogP contribution in [-0.2, 0) is 29.5 Å². The molecule has 2 amide bonds. The summed E-state index contributed by atoms with van der Waals surface area (Å²) >= 11 is 0. The molecule has 3 aromatic carbocycles. The van der Waals surface area contributed by atoms with Gasteiger partial charge in [-0.2, -0.15) is 0 Å². The number of hydrogen-bond acceptors (Lipinski definition) is 9. The van der Waals surface area contributed by atoms with Crippen LogP contribution in [0.25, 0.3) is 0 Å². The van der Waals surface area contributed by atoms with Crippen LogP contribution in [0.3, 0.4) is 0 Å². The van der Waals surface area contributed by atoms with E-state index in [0.29, 0.717) is 16.7 Å². The first-order valence-electron chi connectivity index (χ1n) is 14.2. The van der Waals surface area contributed by atoms with Crippen molar-refractivity contribution in [1.82, 2.24) is 0 Å². The summed E-state index contributed by atoms with van der Waals surface area (Å²) in [5.74, 6) is -1.28. The van der Waals surface area contributed by atoms with Gasteiger partial charge in [-0.3, -0.25) is 24.1 Å². The Morgan fingerprint density at radius 2 is 1.18 bits per heavy atom. The van der Waals surface area contributed by atoms with E-state index in [4.69, 9.17) is 18.9 Å². The third-order valence-corrected chi connectivity index (χ3v) is 7.69. The van der Waals surface area contributed by atoms with Crippen LogP contribution < -0.4 is 19.1 Å². The third kappa shape index (κ3) is 4.61. The monoisotopic (exact) mass is 597 g/mol. The number of hydrogen-bond donors (Lipinski definition) is 0. The Morgan fingerprint density at radius 1 is 0.705 bits per heavy atom. The number of esters is 3. The van der Waals surface area contributed by atoms with Crippen molar-refractivity contribution in [2.24, 2.45) is 10.8 Å². The summed E-state index contributed by atoms with van der Waals surface area (Å²) < 4.78 is 23.7. The van der Waals surface area contributed by atoms with Gasteiger partial charge in [0, 0.05) is 41.7 Å². The quantitative estimate of drug-likeness (QED) is 0.209. The topological polar surface area (TPSA) is 126 Å². The molecule has 10 heteroatoms. The molecule has 1 saturated heterocycles. The number of carbonyl (C=O) groups excluding carboxylic acids is 5. The van der Waals surface area contributed by atoms with Gasteiger partial charge in [0.2, 0.25) is 11.8 Å². The van der Waals surface area contributed by atoms with Crippen molar-refractivity contribution in [3.63, 3.8) is 0 Å². The molecule has 6 rings (SSSR count). The lowest BCUT2D eigenvalue weighted by atomic mass is 9.77. The Labute approximate surface area is 253 Å². The van der Waals surface area contributed by atoms with Crippen molar-refractivity contribution < 1.29 is 42.9 Å². The van der Waals surface area contributed by atoms with E-state index in [0.717, 1.165) is 4.90 Å². The molecule has 3 aliphatic rings. The number of ether oxygens (including phenoxy) is 4. The zero-order chi connectivity index (χ0) is 31.8. The highest BCUT2D eigenvalue weighted by Crippen LogP contribution is 2.57. The van der Waals surface area contributed by atoms with Gasteiger partial charge in [0.25, 0.3) is 0 Å². The molecule has 1 spiro atoms. The maximum atomic E-state index is 13.5. The number of imide groups is 1. The van der Waals surface area contributed by atoms with Gasteiger partial charge in [-0.05, 0) is 77.9 Å². The lowest BCUT2D eigenvalue weighted by molar-refractivity contribution is -0.143. The van der Waals surface area contributed by atoms with E-state index in [1.807, 2.05) is 0 Å². The Kier molecular flexibility index (Phi) is 6.46. The summed E-state index contributed by atoms with van der Waals surface area (Å²) in [6.07, 6.45) is 0.208. The van der Waals surface area contributed by atoms with Crippen LogP contribution in [0.1, 0.15) is 81.4 Å². The van der Waals surface area contributed by atoms with Crippen LogP contribution in [0.5, 0.6) is 23.0 Å². The van der Waals surface area contributed by atoms with Crippen molar-refractivity contribution in [2.45, 2.75) is 60.0 Å². The molecule has 0 atom stereocenters. The number of rotatable bonds is 3. The maximum absolute atomic E-state index is 13.5. The fourth-order valence-electron chi connectivity index (χ4n) is 5.33. The molecule has 0 aromatic heterocycles. The summed E-state index contributed by atoms with van der Waals surface area (Å²) in [6.45, 7) is 10.4. The van der Waals surface area contributed by atoms with Crippen LogP contribution >= 0.6 is 0 Å². The summed E-state index contributed by atoms with van der Waals surface area (Å²) in [5.41, 5.74) is -1.15. The minimum Gasteiger partial charge on any atom is -0.456 e. The SMILES string of the molecule is CC(C)(C)C(=O)Oc1ccc2c(c1)Oc1cc(OC(=O)C(C)(C)C)ccc1C21OC(=O)c2cc(N3C(=O)CCC3=O)ccc21. The van der Waals surface area contributed by atoms with Gasteiger partial charge in [0.15, 0.2) is 5.60 Å². The summed E-state index contributed by atoms with van der Waals surface area (Å²) in [4.78, 5) is 64.8. The average molecular weight is 598 g/mol. The largest absolute Gasteiger partial charge is 0.456 e. The molecule has 0 N–H and O–H groups in total. The third-order valence-electron chi connectivity index (χ3n) is 7.69. The molecule has 3 heterocycles. The Morgan fingerprint density at radius 3 is 1.66 bits per heavy atom. The van der Waals surface area contributed by atoms with Crippen molar-refractivity contribution in [3.05, 3.63) is 76.9 Å². The van der Waals surface area contributed by atoms with Crippen molar-refractivity contribution >= 4 is 35.4 Å². The molecule has 1 fully saturated rings. The molecule has 3 aromatic rings. The van der Waals surface area contributed by atoms with Gasteiger partial charge in [0.05, 0.1) is 22.1 Å². The molecule has 0 radical (unpaired) electrons. The molecule has 0 saturated carbocycles. The highest BCUT2D eigenvalue weighted by atomic mass is 16.6. The van der Waals surface area contributed by atoms with Gasteiger partial charge in [-0.1, -0.05) is 6.07 Å². The van der Waals surface area contributed by atoms with E-state index in [2.05, 4.69) is 0 Å². The number of nitrogens with zero attached hydrogens (tertiary/aromatic N) is 1. The van der Waals surface area contributed by atoms with E-state index < -0.39 is 34.3 Å². The lowest BCUT2D eigenvalue weighted by Gasteiger charge is -2.36. The van der Waals surface area contributed by atoms with Crippen molar-refractivity contribution in [1.29, 1.82) is 0 Å². The highest BCUT2D eigenvalue weighted by molar-refractivity contribution is 6.20. The number of benzene rings is 3. The van der Waals surface area contributed by atoms with Crippen LogP contribution in [0, 0.1) is 10.8 Å². The predicted molar refractivity (Wildman–Crippen MR) is 157 cm³/mol. The molecular weight excluding hydrogens is 566 g/mol. The molecule has 226 valence electrons. The van der Waals surface area contributed by atoms with Crippen molar-refractivity contribution in [3.8, 4) is 23.0 Å². The standard InChI is InChI=1S/C34H31NO9/c1-32(2,3)30(39)41-19-8-11-23-25(16-19)43-26-17-20(42-31(40)33(4,5)6)9-12-24(26)34(23)22-10-7-18(15-21(22)29(38)44-34)35-27(36)13-14-28(35)37/h7-12,15-17H,13-14H2,1-6H3. The van der Waals surface area contributed by atoms with Gasteiger partial charge in [-0.25, -0.2) is 4.79 Å². The van der Waals surface area contributed by atoms with Crippen LogP contribution in [-0.4, -0.2) is 29.7 Å². The molecule has 10 nitrogen and oxygen atoms in total. The maximum Gasteiger partial charge on any atom is 0.340 e. The average Bonchev–Trinajstić information content (AvgIpc) is 3.42. The molecule has 0 aliphatic carbocycles. The molecule has 0 bridgehead atoms. The zero-order valence-corrected chi connectivity index (χ0v) is 25.2. The van der Waals surface area contributed by atoms with Crippen LogP contribution in [0.2, 0.25) is 0 Å². The molecule has 0 unspecified atom stereocenters. The van der Waals surface area contributed by atoms with E-state index in [1.54, 1.807) is 90.1 Å². The Bertz CT molecular complexity index is 1700. The van der Waals surface area contributed by atoms with E-state index >= 15 is 0 Å². The highest BCUT2D eigenvalue weighted by Gasteiger charge is 2.54. The van der Waals surface area contributed by atoms with E-state index in [9.17, 15) is 24.0 Å². The number of carbonyl (C=O) groups is 5. The van der Waals surface area contributed by atoms with Gasteiger partial charge in [-0.15, -0.1) is 0 Å². The summed E-state index contributed by atoms with van der Waals surface area (Å²) in [7, 11) is 0. The number of amides is 2. The second-order valence-electron chi connectivity index (χ2n) is 13.1. The summed E-state index contributed by atoms with van der Waals surface area (Å²) in [5, 5.41) is 0. The van der Waals surface area contributed by atoms with E-state index in [1.165, 1.54) is 6.07 Å². The number of anilines is 1. The summed E-state index contributed by atoms with van der Waals surface area (Å²) in [6, 6.07) is 14.4. The Balaban J connectivity index is 1.51. The predicted octanol–water partition coefficient (Wildman–Crippen LogP) is 5.81. The fourth-order valence-corrected chi connectivity index (χ4v) is 5.33. The molecule has 3 aliphatic heterocycles. The zero-order valence-electron chi connectivity index (χ0n) is 25.2. The van der Waals surface area contributed by atoms with Crippen LogP contribution in [0.15, 0.2) is 54.6 Å². The van der Waals surface area contributed by atoms with E-state index in [-0.39, 0.29) is 58.9 Å². The van der Waals surface area contributed by atoms with Gasteiger partial charge < -0.3 is 18.9 Å². The van der Waals surface area contributed by atoms with Gasteiger partial charge >= 0.3 is 17.9 Å². The first-order valence-corrected chi connectivity index (χ1v) is 14.2. The lowest BCUT2D eigenvalue weighted by Crippen LogP contribution is -2.33. The normalized spacial score (nSPS) is 16.6. The minimum absolute atomic E-state index is 0.104. The van der Waals surface area contributed by atoms with Gasteiger partial charge in [0.1, 0.15) is 23.0 Å². The first-order chi connectivity index (χ1) is 20.6. The number of fused-ring (bicyclic) bond motifs is 6. The minimum atomic E-state index is -1.49. The van der Waals surface area contributed by atoms with Crippen molar-refractivity contribution in [2.75, 3.05) is 4.90 Å². The Hall–Kier alpha value is -4.99. The molecule has 44 heavy (non-hydrogen) atoms. The molecular formula is C34H31NO9. The van der Waals surface area contributed by atoms with Crippen LogP contribution in [0.4, 0.5) is 5.69 Å². The second-order valence-corrected chi connectivity index (χ2v) is 13.1.